The van der Waals surface area contributed by atoms with Crippen molar-refractivity contribution in [1.29, 1.82) is 5.41 Å². The molecule has 3 rings (SSSR count). The molecule has 0 bridgehead atoms. The molecule has 3 unspecified atom stereocenters. The highest BCUT2D eigenvalue weighted by Crippen LogP contribution is 2.47. The standard InChI is InChI=1S/C17H26N4O7P2/c1-6-8(3-20-4-9(10(23)5-20)14(18)19-17(26)28-30)13(16(25)27-29)21-12(6)11(7(2)22)15(21)24/h6-7,9-12,22-23H,3-5,29-30H2,1-2H3,(H2,18,19,26)/t6-,7+,9+,10+,11?,12+/m0/s1. The topological polar surface area (TPSA) is 152 Å². The average Bonchev–Trinajstić information content (AvgIpc) is 3.17. The number of rotatable bonds is 5. The van der Waals surface area contributed by atoms with E-state index in [0.717, 1.165) is 0 Å². The number of amides is 2. The van der Waals surface area contributed by atoms with Gasteiger partial charge in [0, 0.05) is 25.6 Å². The Bertz CT molecular complexity index is 805. The lowest BCUT2D eigenvalue weighted by Gasteiger charge is -2.46. The fraction of sp³-hybridized carbons (Fsp3) is 0.647. The molecule has 11 nitrogen and oxygen atoms in total. The maximum Gasteiger partial charge on any atom is 0.414 e. The van der Waals surface area contributed by atoms with Crippen LogP contribution in [0, 0.1) is 23.2 Å². The van der Waals surface area contributed by atoms with Gasteiger partial charge in [-0.15, -0.1) is 0 Å². The molecule has 0 aromatic carbocycles. The molecule has 8 atom stereocenters. The Hall–Kier alpha value is -1.64. The highest BCUT2D eigenvalue weighted by molar-refractivity contribution is 7.11. The van der Waals surface area contributed by atoms with E-state index in [1.165, 1.54) is 4.90 Å². The summed E-state index contributed by atoms with van der Waals surface area (Å²) in [7, 11) is 3.66. The van der Waals surface area contributed by atoms with Crippen molar-refractivity contribution in [2.45, 2.75) is 32.1 Å². The van der Waals surface area contributed by atoms with Crippen LogP contribution in [0.5, 0.6) is 0 Å². The number of hydrogen-bond acceptors (Lipinski definition) is 9. The van der Waals surface area contributed by atoms with Crippen LogP contribution in [0.4, 0.5) is 4.79 Å². The van der Waals surface area contributed by atoms with Gasteiger partial charge in [-0.1, -0.05) is 6.92 Å². The van der Waals surface area contributed by atoms with Gasteiger partial charge in [-0.2, -0.15) is 0 Å². The minimum absolute atomic E-state index is 0.163. The Kier molecular flexibility index (Phi) is 6.79. The second-order valence-electron chi connectivity index (χ2n) is 7.84. The van der Waals surface area contributed by atoms with E-state index in [-0.39, 0.29) is 49.0 Å². The highest BCUT2D eigenvalue weighted by atomic mass is 31.0. The first-order valence-corrected chi connectivity index (χ1v) is 10.4. The zero-order chi connectivity index (χ0) is 22.3. The summed E-state index contributed by atoms with van der Waals surface area (Å²) in [4.78, 5) is 39.6. The predicted octanol–water partition coefficient (Wildman–Crippen LogP) is -0.782. The summed E-state index contributed by atoms with van der Waals surface area (Å²) in [5.74, 6) is -2.55. The van der Waals surface area contributed by atoms with E-state index in [9.17, 15) is 24.6 Å². The van der Waals surface area contributed by atoms with Crippen molar-refractivity contribution < 1.29 is 33.6 Å². The molecule has 0 saturated carbocycles. The molecule has 3 heterocycles. The molecule has 3 aliphatic heterocycles. The van der Waals surface area contributed by atoms with E-state index in [0.29, 0.717) is 5.57 Å². The maximum absolute atomic E-state index is 12.6. The van der Waals surface area contributed by atoms with Crippen LogP contribution < -0.4 is 5.32 Å². The van der Waals surface area contributed by atoms with Gasteiger partial charge in [0.1, 0.15) is 11.5 Å². The summed E-state index contributed by atoms with van der Waals surface area (Å²) < 4.78 is 9.21. The molecule has 0 aliphatic carbocycles. The van der Waals surface area contributed by atoms with Crippen LogP contribution >= 0.6 is 18.9 Å². The van der Waals surface area contributed by atoms with Crippen LogP contribution in [-0.4, -0.2) is 81.7 Å². The summed E-state index contributed by atoms with van der Waals surface area (Å²) in [6, 6.07) is -0.327. The lowest BCUT2D eigenvalue weighted by molar-refractivity contribution is -0.162. The fourth-order valence-corrected chi connectivity index (χ4v) is 4.82. The third-order valence-electron chi connectivity index (χ3n) is 6.09. The monoisotopic (exact) mass is 460 g/mol. The Labute approximate surface area is 178 Å². The minimum Gasteiger partial charge on any atom is -0.447 e. The first kappa shape index (κ1) is 23.0. The number of carbonyl (C=O) groups is 3. The summed E-state index contributed by atoms with van der Waals surface area (Å²) in [6.45, 7) is 4.22. The molecule has 2 saturated heterocycles. The first-order valence-electron chi connectivity index (χ1n) is 9.44. The lowest BCUT2D eigenvalue weighted by Crippen LogP contribution is -2.63. The number of nitrogens with one attached hydrogen (secondary N) is 2. The molecule has 2 fully saturated rings. The number of aliphatic hydroxyl groups excluding tert-OH is 2. The molecule has 3 aliphatic rings. The van der Waals surface area contributed by atoms with Gasteiger partial charge in [0.25, 0.3) is 0 Å². The van der Waals surface area contributed by atoms with Crippen molar-refractivity contribution >= 4 is 42.7 Å². The molecular weight excluding hydrogens is 434 g/mol. The normalized spacial score (nSPS) is 31.9. The number of aliphatic hydroxyl groups is 2. The van der Waals surface area contributed by atoms with Crippen molar-refractivity contribution in [2.24, 2.45) is 17.8 Å². The number of β-lactam (4-membered cyclic amide) rings is 1. The molecule has 30 heavy (non-hydrogen) atoms. The summed E-state index contributed by atoms with van der Waals surface area (Å²) >= 11 is 0. The highest BCUT2D eigenvalue weighted by Gasteiger charge is 2.60. The predicted molar refractivity (Wildman–Crippen MR) is 111 cm³/mol. The first-order chi connectivity index (χ1) is 14.1. The van der Waals surface area contributed by atoms with Crippen molar-refractivity contribution in [1.82, 2.24) is 15.1 Å². The Morgan fingerprint density at radius 3 is 2.57 bits per heavy atom. The zero-order valence-electron chi connectivity index (χ0n) is 16.6. The number of likely N-dealkylation sites (tertiary alicyclic amines) is 1. The van der Waals surface area contributed by atoms with Crippen molar-refractivity contribution in [2.75, 3.05) is 19.6 Å². The Morgan fingerprint density at radius 2 is 2.00 bits per heavy atom. The number of carbonyl (C=O) groups excluding carboxylic acids is 3. The third-order valence-corrected chi connectivity index (χ3v) is 6.52. The van der Waals surface area contributed by atoms with Gasteiger partial charge in [0.15, 0.2) is 0 Å². The van der Waals surface area contributed by atoms with Crippen molar-refractivity contribution in [3.8, 4) is 0 Å². The molecule has 0 spiro atoms. The van der Waals surface area contributed by atoms with Gasteiger partial charge >= 0.3 is 12.1 Å². The van der Waals surface area contributed by atoms with Crippen molar-refractivity contribution in [3.05, 3.63) is 11.3 Å². The van der Waals surface area contributed by atoms with Crippen LogP contribution in [0.3, 0.4) is 0 Å². The van der Waals surface area contributed by atoms with Crippen LogP contribution in [0.2, 0.25) is 0 Å². The van der Waals surface area contributed by atoms with E-state index in [4.69, 9.17) is 9.93 Å². The molecule has 2 amide bonds. The summed E-state index contributed by atoms with van der Waals surface area (Å²) in [5.41, 5.74) is 0.850. The van der Waals surface area contributed by atoms with E-state index in [1.54, 1.807) is 16.4 Å². The summed E-state index contributed by atoms with van der Waals surface area (Å²) in [6.07, 6.45) is -2.55. The van der Waals surface area contributed by atoms with Gasteiger partial charge in [-0.25, -0.2) is 9.59 Å². The SMILES string of the molecule is C[C@@H](O)C1C(=O)N2C(C(=O)OP)=C(CN3C[C@@H](O)[C@H](C(=N)NC(=O)OP)C3)[C@H](C)[C@H]12. The number of fused-ring (bicyclic) bond motifs is 1. The summed E-state index contributed by atoms with van der Waals surface area (Å²) in [5, 5.41) is 30.6. The maximum atomic E-state index is 12.6. The molecule has 13 heteroatoms. The second-order valence-corrected chi connectivity index (χ2v) is 8.32. The zero-order valence-corrected chi connectivity index (χ0v) is 18.9. The molecule has 0 radical (unpaired) electrons. The molecular formula is C17H26N4O7P2. The lowest BCUT2D eigenvalue weighted by atomic mass is 9.77. The number of β-amino-alcohol motifs (C(OH)–C–C–N with tert-alkyl or cyclic N) is 1. The van der Waals surface area contributed by atoms with Gasteiger partial charge in [-0.05, 0) is 12.5 Å². The average molecular weight is 460 g/mol. The van der Waals surface area contributed by atoms with Gasteiger partial charge in [-0.3, -0.25) is 20.4 Å². The van der Waals surface area contributed by atoms with E-state index < -0.39 is 36.1 Å². The van der Waals surface area contributed by atoms with E-state index in [2.05, 4.69) is 9.84 Å². The van der Waals surface area contributed by atoms with Crippen LogP contribution in [0.15, 0.2) is 11.3 Å². The van der Waals surface area contributed by atoms with Crippen LogP contribution in [0.1, 0.15) is 13.8 Å². The molecule has 0 aromatic rings. The van der Waals surface area contributed by atoms with Crippen LogP contribution in [-0.2, 0) is 18.6 Å². The molecule has 4 N–H and O–H groups in total. The second kappa shape index (κ2) is 8.85. The third kappa shape index (κ3) is 3.85. The fourth-order valence-electron chi connectivity index (χ4n) is 4.65. The van der Waals surface area contributed by atoms with Gasteiger partial charge < -0.3 is 24.2 Å². The number of hydrogen-bond donors (Lipinski definition) is 4. The minimum atomic E-state index is -0.888. The van der Waals surface area contributed by atoms with Crippen molar-refractivity contribution in [3.63, 3.8) is 0 Å². The Morgan fingerprint density at radius 1 is 1.33 bits per heavy atom. The van der Waals surface area contributed by atoms with Gasteiger partial charge in [0.2, 0.25) is 5.91 Å². The van der Waals surface area contributed by atoms with Gasteiger partial charge in [0.05, 0.1) is 49.0 Å². The molecule has 0 aromatic heterocycles. The van der Waals surface area contributed by atoms with E-state index in [1.807, 2.05) is 21.3 Å². The number of amidine groups is 1. The number of nitrogens with zero attached hydrogens (tertiary/aromatic N) is 2. The quantitative estimate of drug-likeness (QED) is 0.180. The molecule has 166 valence electrons. The smallest absolute Gasteiger partial charge is 0.414 e. The van der Waals surface area contributed by atoms with E-state index >= 15 is 0 Å². The largest absolute Gasteiger partial charge is 0.447 e. The Balaban J connectivity index is 1.79. The van der Waals surface area contributed by atoms with Crippen LogP contribution in [0.25, 0.3) is 0 Å².